The second-order valence-electron chi connectivity index (χ2n) is 5.55. The van der Waals surface area contributed by atoms with Crippen LogP contribution in [0.2, 0.25) is 0 Å². The van der Waals surface area contributed by atoms with Gasteiger partial charge in [0.2, 0.25) is 5.11 Å². The molecule has 1 aromatic heterocycles. The third-order valence-electron chi connectivity index (χ3n) is 3.84. The zero-order valence-corrected chi connectivity index (χ0v) is 14.8. The van der Waals surface area contributed by atoms with Crippen molar-refractivity contribution in [3.63, 3.8) is 0 Å². The summed E-state index contributed by atoms with van der Waals surface area (Å²) in [5, 5.41) is 17.6. The molecule has 0 bridgehead atoms. The molecule has 3 aromatic rings. The van der Waals surface area contributed by atoms with Crippen molar-refractivity contribution >= 4 is 39.5 Å². The van der Waals surface area contributed by atoms with Crippen LogP contribution < -0.4 is 16.5 Å². The maximum absolute atomic E-state index is 12.5. The molecule has 136 valence electrons. The van der Waals surface area contributed by atoms with Gasteiger partial charge >= 0.3 is 0 Å². The molecule has 0 atom stereocenters. The molecule has 0 saturated carbocycles. The molecule has 2 N–H and O–H groups in total. The number of hydrazone groups is 1. The van der Waals surface area contributed by atoms with Gasteiger partial charge in [0.1, 0.15) is 0 Å². The predicted molar refractivity (Wildman–Crippen MR) is 105 cm³/mol. The topological polar surface area (TPSA) is 122 Å². The van der Waals surface area contributed by atoms with E-state index in [1.807, 2.05) is 0 Å². The summed E-state index contributed by atoms with van der Waals surface area (Å²) in [7, 11) is 0. The van der Waals surface area contributed by atoms with Crippen molar-refractivity contribution in [3.8, 4) is 0 Å². The van der Waals surface area contributed by atoms with E-state index in [2.05, 4.69) is 15.6 Å². The summed E-state index contributed by atoms with van der Waals surface area (Å²) in [6.07, 6.45) is 0. The monoisotopic (exact) mass is 383 g/mol. The highest BCUT2D eigenvalue weighted by molar-refractivity contribution is 7.80. The molecule has 0 amide bonds. The minimum absolute atomic E-state index is 0.0321. The maximum Gasteiger partial charge on any atom is 0.279 e. The van der Waals surface area contributed by atoms with Crippen LogP contribution in [0.4, 0.5) is 5.69 Å². The molecular formula is C17H13N5O4S. The van der Waals surface area contributed by atoms with E-state index >= 15 is 0 Å². The fourth-order valence-electron chi connectivity index (χ4n) is 2.41. The van der Waals surface area contributed by atoms with Crippen LogP contribution in [0.15, 0.2) is 63.2 Å². The quantitative estimate of drug-likeness (QED) is 0.307. The SMILES string of the molecule is C/C(=N\NC(=S)n1[nH]c(=O)c2ccccc2c1=O)c1ccc([N+](=O)[O-])cc1. The zero-order valence-electron chi connectivity index (χ0n) is 14.0. The molecule has 9 nitrogen and oxygen atoms in total. The fraction of sp³-hybridized carbons (Fsp3) is 0.0588. The van der Waals surface area contributed by atoms with Gasteiger partial charge in [-0.1, -0.05) is 12.1 Å². The largest absolute Gasteiger partial charge is 0.279 e. The van der Waals surface area contributed by atoms with Crippen LogP contribution in [0.25, 0.3) is 10.8 Å². The lowest BCUT2D eigenvalue weighted by Gasteiger charge is -2.08. The van der Waals surface area contributed by atoms with Crippen molar-refractivity contribution in [3.05, 3.63) is 84.9 Å². The predicted octanol–water partition coefficient (Wildman–Crippen LogP) is 1.74. The highest BCUT2D eigenvalue weighted by Crippen LogP contribution is 2.12. The Kier molecular flexibility index (Phi) is 4.90. The first kappa shape index (κ1) is 18.1. The lowest BCUT2D eigenvalue weighted by molar-refractivity contribution is -0.384. The summed E-state index contributed by atoms with van der Waals surface area (Å²) >= 11 is 5.14. The van der Waals surface area contributed by atoms with Crippen LogP contribution >= 0.6 is 12.2 Å². The number of aromatic amines is 1. The second-order valence-corrected chi connectivity index (χ2v) is 5.93. The van der Waals surface area contributed by atoms with E-state index in [0.29, 0.717) is 11.3 Å². The standard InChI is InChI=1S/C17H13N5O4S/c1-10(11-6-8-12(9-7-11)22(25)26)18-19-17(27)21-16(24)14-5-3-2-4-13(14)15(23)20-21/h2-9H,1H3,(H,19,27)(H,20,23)/b18-10+. The van der Waals surface area contributed by atoms with Gasteiger partial charge in [-0.05, 0) is 49.0 Å². The van der Waals surface area contributed by atoms with E-state index in [1.54, 1.807) is 37.3 Å². The van der Waals surface area contributed by atoms with Crippen LogP contribution in [0.1, 0.15) is 12.5 Å². The van der Waals surface area contributed by atoms with E-state index in [1.165, 1.54) is 18.2 Å². The summed E-state index contributed by atoms with van der Waals surface area (Å²) in [5.74, 6) is 0. The van der Waals surface area contributed by atoms with Gasteiger partial charge in [0, 0.05) is 12.1 Å². The Hall–Kier alpha value is -3.66. The number of aromatic nitrogens is 2. The third-order valence-corrected chi connectivity index (χ3v) is 4.11. The van der Waals surface area contributed by atoms with Crippen LogP contribution in [0.5, 0.6) is 0 Å². The van der Waals surface area contributed by atoms with Gasteiger partial charge in [0.15, 0.2) is 0 Å². The Morgan fingerprint density at radius 3 is 2.41 bits per heavy atom. The Bertz CT molecular complexity index is 1190. The van der Waals surface area contributed by atoms with Crippen molar-refractivity contribution in [2.75, 3.05) is 0 Å². The van der Waals surface area contributed by atoms with E-state index in [0.717, 1.165) is 4.68 Å². The number of rotatable bonds is 3. The number of hydrogen-bond acceptors (Lipinski definition) is 6. The number of nitrogens with zero attached hydrogens (tertiary/aromatic N) is 3. The van der Waals surface area contributed by atoms with Gasteiger partial charge in [-0.2, -0.15) is 9.78 Å². The summed E-state index contributed by atoms with van der Waals surface area (Å²) in [6, 6.07) is 12.2. The van der Waals surface area contributed by atoms with Gasteiger partial charge < -0.3 is 0 Å². The molecule has 0 aliphatic carbocycles. The van der Waals surface area contributed by atoms with Crippen LogP contribution in [-0.4, -0.2) is 25.5 Å². The molecule has 27 heavy (non-hydrogen) atoms. The summed E-state index contributed by atoms with van der Waals surface area (Å²) in [4.78, 5) is 34.8. The third kappa shape index (κ3) is 3.65. The number of nitrogens with one attached hydrogen (secondary N) is 2. The molecule has 3 rings (SSSR count). The summed E-state index contributed by atoms with van der Waals surface area (Å²) < 4.78 is 0.909. The van der Waals surface area contributed by atoms with Crippen LogP contribution in [0, 0.1) is 10.1 Å². The molecule has 0 aliphatic rings. The molecule has 0 unspecified atom stereocenters. The van der Waals surface area contributed by atoms with Crippen LogP contribution in [0.3, 0.4) is 0 Å². The van der Waals surface area contributed by atoms with Gasteiger partial charge in [-0.15, -0.1) is 0 Å². The first-order valence-electron chi connectivity index (χ1n) is 7.72. The van der Waals surface area contributed by atoms with E-state index < -0.39 is 16.0 Å². The zero-order chi connectivity index (χ0) is 19.6. The van der Waals surface area contributed by atoms with Crippen molar-refractivity contribution in [2.45, 2.75) is 6.92 Å². The summed E-state index contributed by atoms with van der Waals surface area (Å²) in [6.45, 7) is 1.67. The number of H-pyrrole nitrogens is 1. The Labute approximate surface area is 157 Å². The normalized spacial score (nSPS) is 11.4. The number of benzene rings is 2. The number of thiocarbonyl (C=S) groups is 1. The van der Waals surface area contributed by atoms with Gasteiger partial charge in [-0.25, -0.2) is 0 Å². The highest BCUT2D eigenvalue weighted by Gasteiger charge is 2.10. The molecule has 0 aliphatic heterocycles. The van der Waals surface area contributed by atoms with Crippen LogP contribution in [-0.2, 0) is 0 Å². The number of nitro groups is 1. The number of hydrogen-bond donors (Lipinski definition) is 2. The first-order valence-corrected chi connectivity index (χ1v) is 8.13. The minimum atomic E-state index is -0.494. The van der Waals surface area contributed by atoms with Crippen molar-refractivity contribution in [2.24, 2.45) is 5.10 Å². The maximum atomic E-state index is 12.5. The Morgan fingerprint density at radius 2 is 1.78 bits per heavy atom. The molecule has 0 radical (unpaired) electrons. The molecule has 0 spiro atoms. The van der Waals surface area contributed by atoms with Gasteiger partial charge in [-0.3, -0.25) is 30.2 Å². The van der Waals surface area contributed by atoms with E-state index in [-0.39, 0.29) is 21.6 Å². The Balaban J connectivity index is 1.87. The smallest absolute Gasteiger partial charge is 0.267 e. The fourth-order valence-corrected chi connectivity index (χ4v) is 2.59. The number of fused-ring (bicyclic) bond motifs is 1. The lowest BCUT2D eigenvalue weighted by Crippen LogP contribution is -2.39. The lowest BCUT2D eigenvalue weighted by atomic mass is 10.1. The Morgan fingerprint density at radius 1 is 1.15 bits per heavy atom. The second kappa shape index (κ2) is 7.30. The summed E-state index contributed by atoms with van der Waals surface area (Å²) in [5.41, 5.74) is 2.70. The van der Waals surface area contributed by atoms with Gasteiger partial charge in [0.25, 0.3) is 16.8 Å². The molecule has 0 saturated heterocycles. The molecule has 1 heterocycles. The molecule has 2 aromatic carbocycles. The number of nitro benzene ring substituents is 1. The first-order chi connectivity index (χ1) is 12.9. The van der Waals surface area contributed by atoms with E-state index in [9.17, 15) is 19.7 Å². The molecular weight excluding hydrogens is 370 g/mol. The average molecular weight is 383 g/mol. The highest BCUT2D eigenvalue weighted by atomic mass is 32.1. The average Bonchev–Trinajstić information content (AvgIpc) is 2.68. The van der Waals surface area contributed by atoms with E-state index in [4.69, 9.17) is 12.2 Å². The van der Waals surface area contributed by atoms with Crippen molar-refractivity contribution < 1.29 is 4.92 Å². The number of non-ortho nitro benzene ring substituents is 1. The molecule has 0 fully saturated rings. The molecule has 10 heteroatoms. The minimum Gasteiger partial charge on any atom is -0.267 e. The van der Waals surface area contributed by atoms with Gasteiger partial charge in [0.05, 0.1) is 21.4 Å². The van der Waals surface area contributed by atoms with Crippen molar-refractivity contribution in [1.82, 2.24) is 15.2 Å². The van der Waals surface area contributed by atoms with Crippen molar-refractivity contribution in [1.29, 1.82) is 0 Å².